The molecule has 0 aromatic carbocycles. The zero-order chi connectivity index (χ0) is 12.0. The number of rotatable bonds is 6. The average Bonchev–Trinajstić information content (AvgIpc) is 2.27. The molecule has 0 spiro atoms. The molecule has 1 aromatic rings. The van der Waals surface area contributed by atoms with E-state index in [0.29, 0.717) is 12.4 Å². The number of pyridine rings is 1. The number of nitro groups is 1. The molecule has 6 nitrogen and oxygen atoms in total. The molecular formula is C10H15N3O3. The molecule has 1 heterocycles. The summed E-state index contributed by atoms with van der Waals surface area (Å²) in [6.07, 6.45) is 2.41. The second kappa shape index (κ2) is 6.02. The van der Waals surface area contributed by atoms with E-state index in [4.69, 9.17) is 0 Å². The van der Waals surface area contributed by atoms with Gasteiger partial charge in [-0.25, -0.2) is 4.98 Å². The van der Waals surface area contributed by atoms with E-state index in [1.807, 2.05) is 6.92 Å². The van der Waals surface area contributed by atoms with Crippen molar-refractivity contribution in [2.24, 2.45) is 0 Å². The first-order valence-corrected chi connectivity index (χ1v) is 5.16. The molecule has 0 aliphatic carbocycles. The van der Waals surface area contributed by atoms with Gasteiger partial charge in [0.1, 0.15) is 12.0 Å². The lowest BCUT2D eigenvalue weighted by Crippen LogP contribution is -2.19. The van der Waals surface area contributed by atoms with Gasteiger partial charge in [-0.2, -0.15) is 0 Å². The molecule has 16 heavy (non-hydrogen) atoms. The standard InChI is InChI=1S/C10H15N3O3/c1-2-3-9(14)7-12-10-5-4-8(6-11-10)13(15)16/h4-6,9,14H,2-3,7H2,1H3,(H,11,12). The molecule has 1 unspecified atom stereocenters. The molecule has 0 saturated heterocycles. The van der Waals surface area contributed by atoms with Crippen LogP contribution in [0.3, 0.4) is 0 Å². The average molecular weight is 225 g/mol. The Balaban J connectivity index is 2.46. The molecule has 0 fully saturated rings. The minimum atomic E-state index is -0.497. The Hall–Kier alpha value is -1.69. The van der Waals surface area contributed by atoms with Gasteiger partial charge in [0.15, 0.2) is 0 Å². The Labute approximate surface area is 93.5 Å². The summed E-state index contributed by atoms with van der Waals surface area (Å²) in [7, 11) is 0. The topological polar surface area (TPSA) is 88.3 Å². The fourth-order valence-corrected chi connectivity index (χ4v) is 1.26. The van der Waals surface area contributed by atoms with E-state index in [1.165, 1.54) is 18.3 Å². The van der Waals surface area contributed by atoms with Gasteiger partial charge in [-0.3, -0.25) is 10.1 Å². The van der Waals surface area contributed by atoms with Gasteiger partial charge >= 0.3 is 0 Å². The van der Waals surface area contributed by atoms with Crippen molar-refractivity contribution >= 4 is 11.5 Å². The molecular weight excluding hydrogens is 210 g/mol. The molecule has 0 bridgehead atoms. The van der Waals surface area contributed by atoms with E-state index in [1.54, 1.807) is 0 Å². The van der Waals surface area contributed by atoms with E-state index in [9.17, 15) is 15.2 Å². The third kappa shape index (κ3) is 3.82. The van der Waals surface area contributed by atoms with Crippen LogP contribution >= 0.6 is 0 Å². The number of nitrogens with zero attached hydrogens (tertiary/aromatic N) is 2. The van der Waals surface area contributed by atoms with Gasteiger partial charge in [-0.05, 0) is 12.5 Å². The Morgan fingerprint density at radius 3 is 2.88 bits per heavy atom. The highest BCUT2D eigenvalue weighted by molar-refractivity contribution is 5.40. The third-order valence-electron chi connectivity index (χ3n) is 2.10. The predicted octanol–water partition coefficient (Wildman–Crippen LogP) is 1.56. The molecule has 6 heteroatoms. The first-order valence-electron chi connectivity index (χ1n) is 5.16. The van der Waals surface area contributed by atoms with E-state index < -0.39 is 11.0 Å². The van der Waals surface area contributed by atoms with Crippen LogP contribution in [0.4, 0.5) is 11.5 Å². The lowest BCUT2D eigenvalue weighted by molar-refractivity contribution is -0.385. The number of anilines is 1. The molecule has 88 valence electrons. The summed E-state index contributed by atoms with van der Waals surface area (Å²) in [5, 5.41) is 22.7. The largest absolute Gasteiger partial charge is 0.391 e. The fourth-order valence-electron chi connectivity index (χ4n) is 1.26. The summed E-state index contributed by atoms with van der Waals surface area (Å²) < 4.78 is 0. The maximum Gasteiger partial charge on any atom is 0.287 e. The number of hydrogen-bond acceptors (Lipinski definition) is 5. The highest BCUT2D eigenvalue weighted by Gasteiger charge is 2.06. The quantitative estimate of drug-likeness (QED) is 0.566. The van der Waals surface area contributed by atoms with Crippen LogP contribution in [0.25, 0.3) is 0 Å². The molecule has 0 amide bonds. The maximum absolute atomic E-state index is 10.4. The number of aliphatic hydroxyl groups is 1. The van der Waals surface area contributed by atoms with Crippen LogP contribution in [0.2, 0.25) is 0 Å². The highest BCUT2D eigenvalue weighted by Crippen LogP contribution is 2.11. The van der Waals surface area contributed by atoms with Gasteiger partial charge in [-0.1, -0.05) is 13.3 Å². The molecule has 1 rings (SSSR count). The Morgan fingerprint density at radius 2 is 2.38 bits per heavy atom. The van der Waals surface area contributed by atoms with Crippen LogP contribution in [-0.4, -0.2) is 27.7 Å². The van der Waals surface area contributed by atoms with Gasteiger partial charge in [0, 0.05) is 12.6 Å². The normalized spacial score (nSPS) is 12.1. The van der Waals surface area contributed by atoms with Gasteiger partial charge in [0.05, 0.1) is 11.0 Å². The van der Waals surface area contributed by atoms with Crippen molar-refractivity contribution in [3.63, 3.8) is 0 Å². The maximum atomic E-state index is 10.4. The van der Waals surface area contributed by atoms with E-state index in [2.05, 4.69) is 10.3 Å². The molecule has 0 saturated carbocycles. The highest BCUT2D eigenvalue weighted by atomic mass is 16.6. The lowest BCUT2D eigenvalue weighted by Gasteiger charge is -2.10. The summed E-state index contributed by atoms with van der Waals surface area (Å²) in [5.41, 5.74) is -0.0420. The van der Waals surface area contributed by atoms with E-state index in [-0.39, 0.29) is 5.69 Å². The number of nitrogens with one attached hydrogen (secondary N) is 1. The van der Waals surface area contributed by atoms with Gasteiger partial charge < -0.3 is 10.4 Å². The Bertz CT molecular complexity index is 340. The molecule has 0 aliphatic heterocycles. The van der Waals surface area contributed by atoms with Crippen molar-refractivity contribution in [2.45, 2.75) is 25.9 Å². The molecule has 2 N–H and O–H groups in total. The van der Waals surface area contributed by atoms with Crippen LogP contribution in [0.1, 0.15) is 19.8 Å². The van der Waals surface area contributed by atoms with Crippen LogP contribution in [0, 0.1) is 10.1 Å². The van der Waals surface area contributed by atoms with Gasteiger partial charge in [0.25, 0.3) is 5.69 Å². The number of hydrogen-bond donors (Lipinski definition) is 2. The third-order valence-corrected chi connectivity index (χ3v) is 2.10. The van der Waals surface area contributed by atoms with Gasteiger partial charge in [-0.15, -0.1) is 0 Å². The van der Waals surface area contributed by atoms with Crippen LogP contribution < -0.4 is 5.32 Å². The monoisotopic (exact) mass is 225 g/mol. The SMILES string of the molecule is CCCC(O)CNc1ccc([N+](=O)[O-])cn1. The van der Waals surface area contributed by atoms with Crippen LogP contribution in [0.15, 0.2) is 18.3 Å². The second-order valence-corrected chi connectivity index (χ2v) is 3.48. The Kier molecular flexibility index (Phi) is 4.65. The predicted molar refractivity (Wildman–Crippen MR) is 60.3 cm³/mol. The first kappa shape index (κ1) is 12.4. The van der Waals surface area contributed by atoms with Crippen LogP contribution in [0.5, 0.6) is 0 Å². The van der Waals surface area contributed by atoms with Crippen molar-refractivity contribution in [2.75, 3.05) is 11.9 Å². The van der Waals surface area contributed by atoms with Crippen LogP contribution in [-0.2, 0) is 0 Å². The second-order valence-electron chi connectivity index (χ2n) is 3.48. The zero-order valence-corrected chi connectivity index (χ0v) is 9.09. The summed E-state index contributed by atoms with van der Waals surface area (Å²) in [6.45, 7) is 2.39. The zero-order valence-electron chi connectivity index (χ0n) is 9.09. The number of aromatic nitrogens is 1. The summed E-state index contributed by atoms with van der Waals surface area (Å²) in [4.78, 5) is 13.7. The summed E-state index contributed by atoms with van der Waals surface area (Å²) in [6, 6.07) is 2.90. The molecule has 0 aliphatic rings. The van der Waals surface area contributed by atoms with Crippen molar-refractivity contribution in [3.05, 3.63) is 28.4 Å². The number of aliphatic hydroxyl groups excluding tert-OH is 1. The Morgan fingerprint density at radius 1 is 1.62 bits per heavy atom. The van der Waals surface area contributed by atoms with Crippen molar-refractivity contribution in [1.29, 1.82) is 0 Å². The van der Waals surface area contributed by atoms with Crippen molar-refractivity contribution in [3.8, 4) is 0 Å². The summed E-state index contributed by atoms with van der Waals surface area (Å²) >= 11 is 0. The van der Waals surface area contributed by atoms with Crippen molar-refractivity contribution < 1.29 is 10.0 Å². The summed E-state index contributed by atoms with van der Waals surface area (Å²) in [5.74, 6) is 0.528. The smallest absolute Gasteiger partial charge is 0.287 e. The minimum absolute atomic E-state index is 0.0420. The molecule has 1 atom stereocenters. The fraction of sp³-hybridized carbons (Fsp3) is 0.500. The van der Waals surface area contributed by atoms with E-state index in [0.717, 1.165) is 12.8 Å². The van der Waals surface area contributed by atoms with Crippen molar-refractivity contribution in [1.82, 2.24) is 4.98 Å². The van der Waals surface area contributed by atoms with E-state index >= 15 is 0 Å². The van der Waals surface area contributed by atoms with Gasteiger partial charge in [0.2, 0.25) is 0 Å². The first-order chi connectivity index (χ1) is 7.63. The lowest BCUT2D eigenvalue weighted by atomic mass is 10.2. The molecule has 1 aromatic heterocycles. The minimum Gasteiger partial charge on any atom is -0.391 e. The molecule has 0 radical (unpaired) electrons.